The number of aryl methyl sites for hydroxylation is 2. The number of nitrogens with zero attached hydrogens (tertiary/aromatic N) is 1. The van der Waals surface area contributed by atoms with Crippen molar-refractivity contribution in [3.63, 3.8) is 0 Å². The molecule has 3 rings (SSSR count). The van der Waals surface area contributed by atoms with Crippen molar-refractivity contribution in [2.24, 2.45) is 0 Å². The molecule has 1 fully saturated rings. The molecule has 166 valence electrons. The normalized spacial score (nSPS) is 15.0. The minimum atomic E-state index is -0.518. The Bertz CT molecular complexity index is 901. The van der Waals surface area contributed by atoms with Gasteiger partial charge in [0, 0.05) is 17.6 Å². The lowest BCUT2D eigenvalue weighted by molar-refractivity contribution is -0.141. The Hall–Kier alpha value is -2.33. The minimum absolute atomic E-state index is 0.0571. The molecule has 1 N–H and O–H groups in total. The van der Waals surface area contributed by atoms with Gasteiger partial charge in [0.05, 0.1) is 6.42 Å². The van der Waals surface area contributed by atoms with Crippen LogP contribution in [0.4, 0.5) is 0 Å². The van der Waals surface area contributed by atoms with E-state index in [2.05, 4.69) is 11.4 Å². The fourth-order valence-electron chi connectivity index (χ4n) is 4.54. The van der Waals surface area contributed by atoms with Crippen LogP contribution in [-0.2, 0) is 22.6 Å². The van der Waals surface area contributed by atoms with Gasteiger partial charge in [0.15, 0.2) is 0 Å². The van der Waals surface area contributed by atoms with Gasteiger partial charge in [-0.25, -0.2) is 0 Å². The van der Waals surface area contributed by atoms with E-state index in [0.717, 1.165) is 47.9 Å². The summed E-state index contributed by atoms with van der Waals surface area (Å²) >= 11 is 6.40. The molecule has 1 saturated carbocycles. The van der Waals surface area contributed by atoms with Crippen molar-refractivity contribution in [3.8, 4) is 0 Å². The number of rotatable bonds is 8. The van der Waals surface area contributed by atoms with Crippen molar-refractivity contribution < 1.29 is 9.59 Å². The summed E-state index contributed by atoms with van der Waals surface area (Å²) in [5.74, 6) is -0.117. The highest BCUT2D eigenvalue weighted by atomic mass is 35.5. The lowest BCUT2D eigenvalue weighted by Crippen LogP contribution is -2.51. The van der Waals surface area contributed by atoms with Crippen molar-refractivity contribution in [2.45, 2.75) is 77.9 Å². The van der Waals surface area contributed by atoms with Gasteiger partial charge in [0.2, 0.25) is 11.8 Å². The molecular formula is C26H33ClN2O2. The Balaban J connectivity index is 1.85. The van der Waals surface area contributed by atoms with Gasteiger partial charge in [-0.05, 0) is 50.3 Å². The summed E-state index contributed by atoms with van der Waals surface area (Å²) in [5, 5.41) is 3.79. The molecule has 0 spiro atoms. The van der Waals surface area contributed by atoms with E-state index in [0.29, 0.717) is 18.0 Å². The van der Waals surface area contributed by atoms with Crippen LogP contribution in [0.3, 0.4) is 0 Å². The summed E-state index contributed by atoms with van der Waals surface area (Å²) in [5.41, 5.74) is 4.08. The molecule has 2 aromatic rings. The number of halogens is 1. The smallest absolute Gasteiger partial charge is 0.243 e. The quantitative estimate of drug-likeness (QED) is 0.600. The van der Waals surface area contributed by atoms with Gasteiger partial charge < -0.3 is 10.2 Å². The van der Waals surface area contributed by atoms with Crippen LogP contribution in [0.2, 0.25) is 5.02 Å². The first-order valence-corrected chi connectivity index (χ1v) is 11.7. The molecule has 0 bridgehead atoms. The van der Waals surface area contributed by atoms with Crippen molar-refractivity contribution >= 4 is 23.4 Å². The van der Waals surface area contributed by atoms with Gasteiger partial charge in [-0.1, -0.05) is 78.9 Å². The molecule has 4 nitrogen and oxygen atoms in total. The molecule has 0 heterocycles. The second-order valence-electron chi connectivity index (χ2n) is 8.70. The van der Waals surface area contributed by atoms with E-state index in [9.17, 15) is 9.59 Å². The third-order valence-electron chi connectivity index (χ3n) is 6.02. The zero-order chi connectivity index (χ0) is 22.4. The summed E-state index contributed by atoms with van der Waals surface area (Å²) in [4.78, 5) is 28.4. The Labute approximate surface area is 191 Å². The molecule has 1 aliphatic carbocycles. The Morgan fingerprint density at radius 2 is 1.74 bits per heavy atom. The SMILES string of the molecule is CCC(C(=O)NC1CCCC1)N(Cc1ccccc1Cl)C(=O)Cc1cc(C)cc(C)c1. The van der Waals surface area contributed by atoms with E-state index >= 15 is 0 Å². The van der Waals surface area contributed by atoms with Crippen LogP contribution in [0.1, 0.15) is 61.3 Å². The first-order valence-electron chi connectivity index (χ1n) is 11.3. The molecule has 31 heavy (non-hydrogen) atoms. The highest BCUT2D eigenvalue weighted by molar-refractivity contribution is 6.31. The molecule has 1 unspecified atom stereocenters. The van der Waals surface area contributed by atoms with Crippen LogP contribution in [0.25, 0.3) is 0 Å². The van der Waals surface area contributed by atoms with Gasteiger partial charge in [-0.3, -0.25) is 9.59 Å². The summed E-state index contributed by atoms with van der Waals surface area (Å²) in [6.07, 6.45) is 5.15. The highest BCUT2D eigenvalue weighted by Crippen LogP contribution is 2.22. The molecule has 2 amide bonds. The first kappa shape index (κ1) is 23.3. The molecule has 0 aromatic heterocycles. The third kappa shape index (κ3) is 6.33. The van der Waals surface area contributed by atoms with E-state index in [1.165, 1.54) is 0 Å². The molecule has 5 heteroatoms. The molecule has 2 aromatic carbocycles. The summed E-state index contributed by atoms with van der Waals surface area (Å²) in [7, 11) is 0. The monoisotopic (exact) mass is 440 g/mol. The third-order valence-corrected chi connectivity index (χ3v) is 6.39. The number of nitrogens with one attached hydrogen (secondary N) is 1. The number of carbonyl (C=O) groups excluding carboxylic acids is 2. The molecule has 1 aliphatic rings. The van der Waals surface area contributed by atoms with Gasteiger partial charge in [0.1, 0.15) is 6.04 Å². The van der Waals surface area contributed by atoms with Crippen LogP contribution in [0, 0.1) is 13.8 Å². The van der Waals surface area contributed by atoms with Crippen LogP contribution in [-0.4, -0.2) is 28.8 Å². The molecular weight excluding hydrogens is 408 g/mol. The van der Waals surface area contributed by atoms with E-state index in [1.54, 1.807) is 4.90 Å². The fourth-order valence-corrected chi connectivity index (χ4v) is 4.74. The van der Waals surface area contributed by atoms with Crippen LogP contribution >= 0.6 is 11.6 Å². The highest BCUT2D eigenvalue weighted by Gasteiger charge is 2.31. The second kappa shape index (κ2) is 10.8. The molecule has 1 atom stereocenters. The maximum atomic E-state index is 13.5. The molecule has 0 saturated heterocycles. The molecule has 0 radical (unpaired) electrons. The zero-order valence-electron chi connectivity index (χ0n) is 18.8. The fraction of sp³-hybridized carbons (Fsp3) is 0.462. The Kier molecular flexibility index (Phi) is 8.14. The summed E-state index contributed by atoms with van der Waals surface area (Å²) < 4.78 is 0. The second-order valence-corrected chi connectivity index (χ2v) is 9.11. The standard InChI is InChI=1S/C26H33ClN2O2/c1-4-24(26(31)28-22-10-6-7-11-22)29(17-21-9-5-8-12-23(21)27)25(30)16-20-14-18(2)13-19(3)15-20/h5,8-9,12-15,22,24H,4,6-7,10-11,16-17H2,1-3H3,(H,28,31). The average Bonchev–Trinajstić information content (AvgIpc) is 3.21. The van der Waals surface area contributed by atoms with Crippen LogP contribution < -0.4 is 5.32 Å². The van der Waals surface area contributed by atoms with E-state index < -0.39 is 6.04 Å². The van der Waals surface area contributed by atoms with Gasteiger partial charge in [-0.15, -0.1) is 0 Å². The van der Waals surface area contributed by atoms with E-state index in [4.69, 9.17) is 11.6 Å². The summed E-state index contributed by atoms with van der Waals surface area (Å²) in [6, 6.07) is 13.4. The number of carbonyl (C=O) groups is 2. The van der Waals surface area contributed by atoms with Crippen molar-refractivity contribution in [1.29, 1.82) is 0 Å². The number of amides is 2. The largest absolute Gasteiger partial charge is 0.352 e. The predicted octanol–water partition coefficient (Wildman–Crippen LogP) is 5.37. The van der Waals surface area contributed by atoms with Crippen molar-refractivity contribution in [3.05, 3.63) is 69.7 Å². The van der Waals surface area contributed by atoms with E-state index in [1.807, 2.05) is 57.2 Å². The van der Waals surface area contributed by atoms with Gasteiger partial charge in [-0.2, -0.15) is 0 Å². The lowest BCUT2D eigenvalue weighted by atomic mass is 10.0. The Morgan fingerprint density at radius 3 is 2.35 bits per heavy atom. The van der Waals surface area contributed by atoms with Gasteiger partial charge >= 0.3 is 0 Å². The number of benzene rings is 2. The number of hydrogen-bond donors (Lipinski definition) is 1. The topological polar surface area (TPSA) is 49.4 Å². The van der Waals surface area contributed by atoms with Crippen molar-refractivity contribution in [1.82, 2.24) is 10.2 Å². The maximum absolute atomic E-state index is 13.5. The first-order chi connectivity index (χ1) is 14.9. The molecule has 0 aliphatic heterocycles. The maximum Gasteiger partial charge on any atom is 0.243 e. The van der Waals surface area contributed by atoms with Crippen LogP contribution in [0.5, 0.6) is 0 Å². The lowest BCUT2D eigenvalue weighted by Gasteiger charge is -2.32. The minimum Gasteiger partial charge on any atom is -0.352 e. The van der Waals surface area contributed by atoms with Gasteiger partial charge in [0.25, 0.3) is 0 Å². The predicted molar refractivity (Wildman–Crippen MR) is 126 cm³/mol. The number of hydrogen-bond acceptors (Lipinski definition) is 2. The van der Waals surface area contributed by atoms with Crippen LogP contribution in [0.15, 0.2) is 42.5 Å². The van der Waals surface area contributed by atoms with E-state index in [-0.39, 0.29) is 24.3 Å². The Morgan fingerprint density at radius 1 is 1.10 bits per heavy atom. The zero-order valence-corrected chi connectivity index (χ0v) is 19.5. The average molecular weight is 441 g/mol. The summed E-state index contributed by atoms with van der Waals surface area (Å²) in [6.45, 7) is 6.35. The van der Waals surface area contributed by atoms with Crippen molar-refractivity contribution in [2.75, 3.05) is 0 Å².